The quantitative estimate of drug-likeness (QED) is 0.294. The molecule has 1 unspecified atom stereocenters. The van der Waals surface area contributed by atoms with Gasteiger partial charge in [0.1, 0.15) is 11.9 Å². The second kappa shape index (κ2) is 8.96. The summed E-state index contributed by atoms with van der Waals surface area (Å²) in [4.78, 5) is 4.36. The van der Waals surface area contributed by atoms with E-state index in [1.807, 2.05) is 11.2 Å². The Morgan fingerprint density at radius 1 is 1.21 bits per heavy atom. The van der Waals surface area contributed by atoms with Crippen LogP contribution in [0.5, 0.6) is 0 Å². The SMILES string of the molecule is CC1(Nc2c(C#N)cnc3c(Cl)cc(NC(C4=CN(C5CC5)NN4)c4ccc(F)cc4)cc23)CC(F)(F)C1. The van der Waals surface area contributed by atoms with Gasteiger partial charge in [0.05, 0.1) is 33.5 Å². The fourth-order valence-electron chi connectivity index (χ4n) is 5.24. The van der Waals surface area contributed by atoms with Gasteiger partial charge in [-0.1, -0.05) is 23.7 Å². The van der Waals surface area contributed by atoms with Gasteiger partial charge in [-0.2, -0.15) is 5.26 Å². The highest BCUT2D eigenvalue weighted by Gasteiger charge is 2.54. The van der Waals surface area contributed by atoms with Crippen LogP contribution in [0.1, 0.15) is 49.8 Å². The van der Waals surface area contributed by atoms with Crippen molar-refractivity contribution >= 4 is 33.9 Å². The smallest absolute Gasteiger partial charge is 0.252 e. The molecule has 11 heteroatoms. The number of rotatable bonds is 7. The van der Waals surface area contributed by atoms with Crippen molar-refractivity contribution in [3.8, 4) is 6.07 Å². The molecule has 2 fully saturated rings. The summed E-state index contributed by atoms with van der Waals surface area (Å²) in [6, 6.07) is 11.9. The normalized spacial score (nSPS) is 20.2. The predicted octanol–water partition coefficient (Wildman–Crippen LogP) is 5.98. The van der Waals surface area contributed by atoms with Crippen molar-refractivity contribution in [2.45, 2.75) is 56.2 Å². The fourth-order valence-corrected chi connectivity index (χ4v) is 5.51. The minimum atomic E-state index is -2.74. The predicted molar refractivity (Wildman–Crippen MR) is 140 cm³/mol. The molecule has 4 N–H and O–H groups in total. The monoisotopic (exact) mass is 539 g/mol. The summed E-state index contributed by atoms with van der Waals surface area (Å²) in [5.74, 6) is -3.08. The number of alkyl halides is 2. The van der Waals surface area contributed by atoms with Gasteiger partial charge in [-0.15, -0.1) is 5.53 Å². The van der Waals surface area contributed by atoms with Gasteiger partial charge in [0.25, 0.3) is 5.92 Å². The van der Waals surface area contributed by atoms with E-state index in [2.05, 4.69) is 32.6 Å². The molecule has 7 nitrogen and oxygen atoms in total. The second-order valence-corrected chi connectivity index (χ2v) is 10.9. The molecule has 38 heavy (non-hydrogen) atoms. The number of hydrogen-bond donors (Lipinski definition) is 4. The molecule has 196 valence electrons. The molecule has 0 spiro atoms. The highest BCUT2D eigenvalue weighted by Crippen LogP contribution is 2.48. The lowest BCUT2D eigenvalue weighted by Crippen LogP contribution is -2.54. The summed E-state index contributed by atoms with van der Waals surface area (Å²) in [7, 11) is 0. The molecule has 0 amide bonds. The van der Waals surface area contributed by atoms with Gasteiger partial charge < -0.3 is 16.1 Å². The number of halogens is 4. The van der Waals surface area contributed by atoms with E-state index in [9.17, 15) is 18.4 Å². The maximum atomic E-state index is 13.7. The van der Waals surface area contributed by atoms with Crippen molar-refractivity contribution in [3.63, 3.8) is 0 Å². The third-order valence-electron chi connectivity index (χ3n) is 7.14. The summed E-state index contributed by atoms with van der Waals surface area (Å²) >= 11 is 6.64. The topological polar surface area (TPSA) is 88.0 Å². The van der Waals surface area contributed by atoms with Crippen LogP contribution in [-0.2, 0) is 0 Å². The molecule has 3 aromatic rings. The average molecular weight is 540 g/mol. The van der Waals surface area contributed by atoms with E-state index in [-0.39, 0.29) is 24.2 Å². The van der Waals surface area contributed by atoms with Crippen molar-refractivity contribution in [2.75, 3.05) is 10.6 Å². The summed E-state index contributed by atoms with van der Waals surface area (Å²) in [6.45, 7) is 1.71. The summed E-state index contributed by atoms with van der Waals surface area (Å²) in [5, 5.41) is 19.3. The van der Waals surface area contributed by atoms with E-state index < -0.39 is 17.5 Å². The number of nitrogens with one attached hydrogen (secondary N) is 4. The number of nitriles is 1. The van der Waals surface area contributed by atoms with Gasteiger partial charge in [0, 0.05) is 47.9 Å². The number of anilines is 2. The standard InChI is InChI=1S/C27H25ClF3N7/c1-26(13-27(30,31)14-26)35-23-16(10-32)11-33-25-20(23)8-18(9-21(25)28)34-24(15-2-4-17(29)5-3-15)22-12-38(37-36-22)19-6-7-19/h2-5,8-9,11-12,19,24,34,36-37H,6-7,13-14H2,1H3,(H,33,35). The van der Waals surface area contributed by atoms with Gasteiger partial charge in [-0.25, -0.2) is 13.2 Å². The lowest BCUT2D eigenvalue weighted by Gasteiger charge is -2.46. The van der Waals surface area contributed by atoms with Gasteiger partial charge in [0.15, 0.2) is 0 Å². The lowest BCUT2D eigenvalue weighted by molar-refractivity contribution is -0.109. The Bertz CT molecular complexity index is 1470. The van der Waals surface area contributed by atoms with E-state index in [1.54, 1.807) is 31.2 Å². The number of benzene rings is 2. The number of fused-ring (bicyclic) bond motifs is 1. The van der Waals surface area contributed by atoms with Crippen LogP contribution in [0.25, 0.3) is 10.9 Å². The van der Waals surface area contributed by atoms with Crippen molar-refractivity contribution < 1.29 is 13.2 Å². The molecule has 1 aromatic heterocycles. The van der Waals surface area contributed by atoms with Crippen LogP contribution in [0.3, 0.4) is 0 Å². The van der Waals surface area contributed by atoms with Gasteiger partial charge in [0.2, 0.25) is 0 Å². The Labute approximate surface area is 222 Å². The second-order valence-electron chi connectivity index (χ2n) is 10.5. The van der Waals surface area contributed by atoms with E-state index >= 15 is 0 Å². The zero-order chi connectivity index (χ0) is 26.7. The maximum Gasteiger partial charge on any atom is 0.252 e. The Kier molecular flexibility index (Phi) is 5.81. The van der Waals surface area contributed by atoms with E-state index in [1.165, 1.54) is 18.3 Å². The van der Waals surface area contributed by atoms with Gasteiger partial charge in [-0.3, -0.25) is 9.99 Å². The minimum Gasteiger partial charge on any atom is -0.378 e. The molecule has 2 heterocycles. The summed E-state index contributed by atoms with van der Waals surface area (Å²) < 4.78 is 41.2. The van der Waals surface area contributed by atoms with Crippen molar-refractivity contribution in [1.29, 1.82) is 5.26 Å². The molecule has 0 saturated heterocycles. The third-order valence-corrected chi connectivity index (χ3v) is 7.43. The highest BCUT2D eigenvalue weighted by molar-refractivity contribution is 6.35. The molecular formula is C27H25ClF3N7. The van der Waals surface area contributed by atoms with Crippen molar-refractivity contribution in [1.82, 2.24) is 21.0 Å². The van der Waals surface area contributed by atoms with E-state index in [0.29, 0.717) is 33.3 Å². The number of nitrogens with zero attached hydrogens (tertiary/aromatic N) is 3. The Morgan fingerprint density at radius 3 is 2.61 bits per heavy atom. The minimum absolute atomic E-state index is 0.238. The van der Waals surface area contributed by atoms with Crippen LogP contribution >= 0.6 is 11.6 Å². The van der Waals surface area contributed by atoms with Crippen LogP contribution in [0.4, 0.5) is 24.5 Å². The van der Waals surface area contributed by atoms with Crippen LogP contribution in [0.15, 0.2) is 54.5 Å². The number of aromatic nitrogens is 1. The Hall–Kier alpha value is -3.68. The van der Waals surface area contributed by atoms with Crippen molar-refractivity contribution in [3.05, 3.63) is 76.5 Å². The first-order valence-corrected chi connectivity index (χ1v) is 12.7. The maximum absolute atomic E-state index is 13.7. The molecule has 0 bridgehead atoms. The molecule has 6 rings (SSSR count). The Balaban J connectivity index is 1.39. The largest absolute Gasteiger partial charge is 0.378 e. The van der Waals surface area contributed by atoms with E-state index in [0.717, 1.165) is 24.1 Å². The average Bonchev–Trinajstić information content (AvgIpc) is 3.59. The fraction of sp³-hybridized carbons (Fsp3) is 0.333. The van der Waals surface area contributed by atoms with Crippen LogP contribution < -0.4 is 21.6 Å². The van der Waals surface area contributed by atoms with Crippen molar-refractivity contribution in [2.24, 2.45) is 0 Å². The highest BCUT2D eigenvalue weighted by atomic mass is 35.5. The van der Waals surface area contributed by atoms with E-state index in [4.69, 9.17) is 11.6 Å². The molecule has 2 aromatic carbocycles. The first kappa shape index (κ1) is 24.6. The molecule has 3 aliphatic rings. The molecule has 1 atom stereocenters. The molecule has 2 aliphatic carbocycles. The zero-order valence-electron chi connectivity index (χ0n) is 20.5. The van der Waals surface area contributed by atoms with Crippen LogP contribution in [-0.4, -0.2) is 27.5 Å². The molecule has 2 saturated carbocycles. The number of hydrazine groups is 2. The molecule has 0 radical (unpaired) electrons. The van der Waals surface area contributed by atoms with Gasteiger partial charge >= 0.3 is 0 Å². The summed E-state index contributed by atoms with van der Waals surface area (Å²) in [6.07, 6.45) is 4.91. The molecular weight excluding hydrogens is 515 g/mol. The van der Waals surface area contributed by atoms with Crippen LogP contribution in [0.2, 0.25) is 5.02 Å². The number of hydrogen-bond acceptors (Lipinski definition) is 7. The lowest BCUT2D eigenvalue weighted by atomic mass is 9.74. The van der Waals surface area contributed by atoms with Crippen LogP contribution in [0, 0.1) is 17.1 Å². The van der Waals surface area contributed by atoms with Gasteiger partial charge in [-0.05, 0) is 49.6 Å². The zero-order valence-corrected chi connectivity index (χ0v) is 21.2. The first-order chi connectivity index (χ1) is 18.1. The molecule has 1 aliphatic heterocycles. The first-order valence-electron chi connectivity index (χ1n) is 12.4. The Morgan fingerprint density at radius 2 is 1.95 bits per heavy atom. The third kappa shape index (κ3) is 4.68. The summed E-state index contributed by atoms with van der Waals surface area (Å²) in [5.41, 5.74) is 8.86. The number of pyridine rings is 1.